The van der Waals surface area contributed by atoms with Gasteiger partial charge in [-0.15, -0.1) is 0 Å². The average molecular weight is 452 g/mol. The first-order valence-corrected chi connectivity index (χ1v) is 10.8. The van der Waals surface area contributed by atoms with E-state index >= 15 is 0 Å². The lowest BCUT2D eigenvalue weighted by Crippen LogP contribution is -2.22. The zero-order valence-corrected chi connectivity index (χ0v) is 18.6. The third-order valence-corrected chi connectivity index (χ3v) is 5.44. The maximum atomic E-state index is 12.6. The van der Waals surface area contributed by atoms with Crippen LogP contribution in [0.2, 0.25) is 0 Å². The smallest absolute Gasteiger partial charge is 0.317 e. The number of phenols is 1. The predicted octanol–water partition coefficient (Wildman–Crippen LogP) is 3.20. The highest BCUT2D eigenvalue weighted by molar-refractivity contribution is 5.93. The number of hydrogen-bond acceptors (Lipinski definition) is 6. The normalized spacial score (nSPS) is 16.8. The quantitative estimate of drug-likeness (QED) is 0.166. The highest BCUT2D eigenvalue weighted by Gasteiger charge is 2.41. The molecular formula is C25H29N3O5. The molecule has 1 aliphatic rings. The van der Waals surface area contributed by atoms with E-state index in [1.165, 1.54) is 7.11 Å². The number of ether oxygens (including phenoxy) is 2. The Balaban J connectivity index is 1.66. The highest BCUT2D eigenvalue weighted by Crippen LogP contribution is 2.47. The van der Waals surface area contributed by atoms with Crippen LogP contribution in [0.5, 0.6) is 11.5 Å². The third kappa shape index (κ3) is 6.35. The number of rotatable bonds is 10. The standard InChI is InChI=1S/C25H29N3O5/c1-32-24(31)22-20-15-16(6-10-18(29)5-3-2-4-14-28-25(26)27)7-13-21(20)33-23(22)17-8-11-19(30)12-9-17/h6-13,15,22-23,30H,2-5,14H2,1H3,(H4,26,27,28)/b10-6+/t22-,23+/m1/s1. The molecule has 2 atom stereocenters. The van der Waals surface area contributed by atoms with Gasteiger partial charge in [-0.1, -0.05) is 30.7 Å². The minimum absolute atomic E-state index is 0.0278. The Morgan fingerprint density at radius 1 is 1.12 bits per heavy atom. The molecule has 5 N–H and O–H groups in total. The molecule has 0 saturated heterocycles. The van der Waals surface area contributed by atoms with Crippen LogP contribution in [0.15, 0.2) is 53.5 Å². The van der Waals surface area contributed by atoms with Crippen molar-refractivity contribution in [1.82, 2.24) is 0 Å². The number of guanidine groups is 1. The van der Waals surface area contributed by atoms with Crippen molar-refractivity contribution >= 4 is 23.8 Å². The molecular weight excluding hydrogens is 422 g/mol. The summed E-state index contributed by atoms with van der Waals surface area (Å²) in [7, 11) is 1.34. The number of aromatic hydroxyl groups is 1. The van der Waals surface area contributed by atoms with E-state index in [0.717, 1.165) is 30.4 Å². The van der Waals surface area contributed by atoms with Crippen molar-refractivity contribution in [1.29, 1.82) is 0 Å². The third-order valence-electron chi connectivity index (χ3n) is 5.44. The van der Waals surface area contributed by atoms with Gasteiger partial charge >= 0.3 is 5.97 Å². The van der Waals surface area contributed by atoms with Gasteiger partial charge in [0.1, 0.15) is 23.5 Å². The molecule has 0 spiro atoms. The maximum Gasteiger partial charge on any atom is 0.317 e. The van der Waals surface area contributed by atoms with Crippen molar-refractivity contribution in [3.05, 3.63) is 65.2 Å². The van der Waals surface area contributed by atoms with E-state index < -0.39 is 18.0 Å². The van der Waals surface area contributed by atoms with Crippen LogP contribution < -0.4 is 16.2 Å². The molecule has 0 fully saturated rings. The first-order chi connectivity index (χ1) is 15.9. The summed E-state index contributed by atoms with van der Waals surface area (Å²) >= 11 is 0. The van der Waals surface area contributed by atoms with Gasteiger partial charge in [-0.25, -0.2) is 0 Å². The number of unbranched alkanes of at least 4 members (excludes halogenated alkanes) is 2. The number of phenolic OH excluding ortho intramolecular Hbond substituents is 1. The number of hydrogen-bond donors (Lipinski definition) is 3. The van der Waals surface area contributed by atoms with Gasteiger partial charge in [0, 0.05) is 18.5 Å². The lowest BCUT2D eigenvalue weighted by atomic mass is 9.90. The molecule has 0 unspecified atom stereocenters. The summed E-state index contributed by atoms with van der Waals surface area (Å²) < 4.78 is 11.1. The number of fused-ring (bicyclic) bond motifs is 1. The second-order valence-electron chi connectivity index (χ2n) is 7.84. The number of nitrogens with zero attached hydrogens (tertiary/aromatic N) is 1. The van der Waals surface area contributed by atoms with Crippen LogP contribution in [0.3, 0.4) is 0 Å². The Hall–Kier alpha value is -3.81. The van der Waals surface area contributed by atoms with Crippen molar-refractivity contribution < 1.29 is 24.2 Å². The summed E-state index contributed by atoms with van der Waals surface area (Å²) in [5.41, 5.74) is 12.8. The van der Waals surface area contributed by atoms with Gasteiger partial charge in [-0.3, -0.25) is 14.6 Å². The monoisotopic (exact) mass is 451 g/mol. The molecule has 0 bridgehead atoms. The van der Waals surface area contributed by atoms with Crippen LogP contribution in [0.25, 0.3) is 6.08 Å². The topological polar surface area (TPSA) is 137 Å². The van der Waals surface area contributed by atoms with Crippen LogP contribution in [-0.4, -0.2) is 36.5 Å². The fourth-order valence-corrected chi connectivity index (χ4v) is 3.76. The maximum absolute atomic E-state index is 12.6. The Kier molecular flexibility index (Phi) is 8.07. The predicted molar refractivity (Wildman–Crippen MR) is 126 cm³/mol. The molecule has 1 heterocycles. The Bertz CT molecular complexity index is 1040. The van der Waals surface area contributed by atoms with E-state index in [1.807, 2.05) is 12.1 Å². The number of nitrogens with two attached hydrogens (primary N) is 2. The van der Waals surface area contributed by atoms with Crippen molar-refractivity contribution in [2.75, 3.05) is 13.7 Å². The number of carbonyl (C=O) groups is 2. The molecule has 33 heavy (non-hydrogen) atoms. The van der Waals surface area contributed by atoms with Crippen molar-refractivity contribution in [2.24, 2.45) is 16.5 Å². The zero-order valence-electron chi connectivity index (χ0n) is 18.6. The van der Waals surface area contributed by atoms with Crippen LogP contribution in [0.1, 0.15) is 54.4 Å². The van der Waals surface area contributed by atoms with Gasteiger partial charge < -0.3 is 26.0 Å². The van der Waals surface area contributed by atoms with E-state index in [-0.39, 0.29) is 17.5 Å². The summed E-state index contributed by atoms with van der Waals surface area (Å²) in [6.07, 6.45) is 5.64. The number of allylic oxidation sites excluding steroid dienone is 1. The van der Waals surface area contributed by atoms with Gasteiger partial charge in [0.05, 0.1) is 7.11 Å². The highest BCUT2D eigenvalue weighted by atomic mass is 16.5. The van der Waals surface area contributed by atoms with E-state index in [4.69, 9.17) is 20.9 Å². The van der Waals surface area contributed by atoms with Crippen molar-refractivity contribution in [3.63, 3.8) is 0 Å². The molecule has 8 nitrogen and oxygen atoms in total. The second-order valence-corrected chi connectivity index (χ2v) is 7.84. The number of methoxy groups -OCH3 is 1. The largest absolute Gasteiger partial charge is 0.508 e. The molecule has 8 heteroatoms. The Morgan fingerprint density at radius 3 is 2.58 bits per heavy atom. The van der Waals surface area contributed by atoms with Crippen LogP contribution in [-0.2, 0) is 14.3 Å². The average Bonchev–Trinajstić information content (AvgIpc) is 3.18. The molecule has 0 radical (unpaired) electrons. The van der Waals surface area contributed by atoms with Gasteiger partial charge in [-0.2, -0.15) is 0 Å². The molecule has 0 aliphatic carbocycles. The van der Waals surface area contributed by atoms with Crippen LogP contribution >= 0.6 is 0 Å². The van der Waals surface area contributed by atoms with Crippen LogP contribution in [0.4, 0.5) is 0 Å². The van der Waals surface area contributed by atoms with Gasteiger partial charge in [0.2, 0.25) is 0 Å². The molecule has 0 saturated carbocycles. The molecule has 0 amide bonds. The summed E-state index contributed by atoms with van der Waals surface area (Å²) in [5.74, 6) is -0.228. The van der Waals surface area contributed by atoms with Gasteiger partial charge in [0.15, 0.2) is 11.7 Å². The van der Waals surface area contributed by atoms with E-state index in [2.05, 4.69) is 4.99 Å². The number of carbonyl (C=O) groups excluding carboxylic acids is 2. The summed E-state index contributed by atoms with van der Waals surface area (Å²) in [5, 5.41) is 9.56. The van der Waals surface area contributed by atoms with Crippen LogP contribution in [0, 0.1) is 0 Å². The Labute approximate surface area is 192 Å². The number of esters is 1. The van der Waals surface area contributed by atoms with E-state index in [1.54, 1.807) is 42.5 Å². The Morgan fingerprint density at radius 2 is 1.88 bits per heavy atom. The van der Waals surface area contributed by atoms with Gasteiger partial charge in [0.25, 0.3) is 0 Å². The fourth-order valence-electron chi connectivity index (χ4n) is 3.76. The minimum atomic E-state index is -0.649. The lowest BCUT2D eigenvalue weighted by molar-refractivity contribution is -0.144. The summed E-state index contributed by atoms with van der Waals surface area (Å²) in [4.78, 5) is 28.7. The molecule has 2 aromatic rings. The second kappa shape index (κ2) is 11.2. The molecule has 1 aliphatic heterocycles. The van der Waals surface area contributed by atoms with Crippen molar-refractivity contribution in [2.45, 2.75) is 37.7 Å². The first-order valence-electron chi connectivity index (χ1n) is 10.8. The SMILES string of the molecule is COC(=O)[C@@H]1c2cc(/C=C/C(=O)CCCCCN=C(N)N)ccc2O[C@H]1c1ccc(O)cc1. The molecule has 0 aromatic heterocycles. The number of aliphatic imine (C=N–C) groups is 1. The lowest BCUT2D eigenvalue weighted by Gasteiger charge is -2.17. The molecule has 2 aromatic carbocycles. The zero-order chi connectivity index (χ0) is 23.8. The minimum Gasteiger partial charge on any atom is -0.508 e. The number of ketones is 1. The van der Waals surface area contributed by atoms with E-state index in [9.17, 15) is 14.7 Å². The van der Waals surface area contributed by atoms with Gasteiger partial charge in [-0.05, 0) is 54.3 Å². The first kappa shape index (κ1) is 23.8. The number of benzene rings is 2. The molecule has 174 valence electrons. The molecule has 3 rings (SSSR count). The fraction of sp³-hybridized carbons (Fsp3) is 0.320. The summed E-state index contributed by atoms with van der Waals surface area (Å²) in [6.45, 7) is 0.566. The van der Waals surface area contributed by atoms with E-state index in [0.29, 0.717) is 24.3 Å². The summed E-state index contributed by atoms with van der Waals surface area (Å²) in [6, 6.07) is 12.0. The van der Waals surface area contributed by atoms with Crippen molar-refractivity contribution in [3.8, 4) is 11.5 Å².